The number of hydrogen-bond donors (Lipinski definition) is 1. The van der Waals surface area contributed by atoms with Crippen LogP contribution in [0.5, 0.6) is 0 Å². The van der Waals surface area contributed by atoms with Crippen molar-refractivity contribution in [2.75, 3.05) is 6.61 Å². The molecular weight excluding hydrogens is 350 g/mol. The van der Waals surface area contributed by atoms with Crippen LogP contribution in [0.4, 0.5) is 0 Å². The second-order valence-electron chi connectivity index (χ2n) is 7.70. The number of ketones is 1. The van der Waals surface area contributed by atoms with Gasteiger partial charge in [0.1, 0.15) is 0 Å². The van der Waals surface area contributed by atoms with Crippen molar-refractivity contribution in [3.63, 3.8) is 0 Å². The molecule has 1 N–H and O–H groups in total. The van der Waals surface area contributed by atoms with Crippen molar-refractivity contribution in [1.82, 2.24) is 5.32 Å². The van der Waals surface area contributed by atoms with Crippen LogP contribution < -0.4 is 5.32 Å². The molecule has 0 fully saturated rings. The van der Waals surface area contributed by atoms with Crippen LogP contribution in [-0.4, -0.2) is 18.4 Å². The van der Waals surface area contributed by atoms with Gasteiger partial charge in [-0.2, -0.15) is 0 Å². The highest BCUT2D eigenvalue weighted by molar-refractivity contribution is 6.30. The number of hydrogen-bond acceptors (Lipinski definition) is 4. The molecule has 138 valence electrons. The minimum absolute atomic E-state index is 0.0815. The highest BCUT2D eigenvalue weighted by atomic mass is 35.5. The Morgan fingerprint density at radius 3 is 2.54 bits per heavy atom. The molecule has 1 aliphatic carbocycles. The molecule has 1 aromatic carbocycles. The number of nitrogens with one attached hydrogen (secondary N) is 1. The third-order valence-electron chi connectivity index (χ3n) is 4.94. The second-order valence-corrected chi connectivity index (χ2v) is 8.14. The van der Waals surface area contributed by atoms with Gasteiger partial charge in [-0.25, -0.2) is 4.79 Å². The van der Waals surface area contributed by atoms with Crippen molar-refractivity contribution in [3.8, 4) is 0 Å². The van der Waals surface area contributed by atoms with E-state index < -0.39 is 5.92 Å². The van der Waals surface area contributed by atoms with Crippen molar-refractivity contribution in [2.45, 2.75) is 46.5 Å². The molecule has 0 saturated heterocycles. The Labute approximate surface area is 159 Å². The van der Waals surface area contributed by atoms with Crippen LogP contribution in [0.2, 0.25) is 5.02 Å². The summed E-state index contributed by atoms with van der Waals surface area (Å²) in [6.45, 7) is 8.11. The number of Topliss-reactive ketones (excluding diaryl/α,β-unsaturated/α-hetero) is 1. The maximum Gasteiger partial charge on any atom is 0.336 e. The molecule has 0 spiro atoms. The maximum atomic E-state index is 13.0. The quantitative estimate of drug-likeness (QED) is 0.792. The number of esters is 1. The molecule has 0 amide bonds. The average molecular weight is 374 g/mol. The number of carbonyl (C=O) groups excluding carboxylic acids is 2. The number of ether oxygens (including phenoxy) is 1. The summed E-state index contributed by atoms with van der Waals surface area (Å²) in [5, 5.41) is 3.93. The lowest BCUT2D eigenvalue weighted by atomic mass is 9.68. The van der Waals surface area contributed by atoms with Crippen LogP contribution in [0.25, 0.3) is 0 Å². The van der Waals surface area contributed by atoms with Crippen molar-refractivity contribution in [3.05, 3.63) is 57.4 Å². The molecule has 1 aliphatic heterocycles. The lowest BCUT2D eigenvalue weighted by molar-refractivity contribution is -0.138. The number of carbonyl (C=O) groups is 2. The Hall–Kier alpha value is -2.07. The zero-order valence-corrected chi connectivity index (χ0v) is 16.4. The zero-order chi connectivity index (χ0) is 19.1. The van der Waals surface area contributed by atoms with Gasteiger partial charge in [0, 0.05) is 34.3 Å². The van der Waals surface area contributed by atoms with Crippen molar-refractivity contribution in [2.24, 2.45) is 5.41 Å². The molecule has 0 bridgehead atoms. The fourth-order valence-electron chi connectivity index (χ4n) is 3.90. The summed E-state index contributed by atoms with van der Waals surface area (Å²) >= 11 is 6.04. The molecule has 0 saturated carbocycles. The van der Waals surface area contributed by atoms with Gasteiger partial charge < -0.3 is 10.1 Å². The summed E-state index contributed by atoms with van der Waals surface area (Å²) in [5.74, 6) is -0.731. The van der Waals surface area contributed by atoms with E-state index in [0.29, 0.717) is 22.6 Å². The van der Waals surface area contributed by atoms with E-state index in [1.165, 1.54) is 0 Å². The number of dihydropyridines is 1. The Morgan fingerprint density at radius 1 is 1.27 bits per heavy atom. The van der Waals surface area contributed by atoms with Crippen molar-refractivity contribution >= 4 is 23.4 Å². The Bertz CT molecular complexity index is 818. The molecule has 2 aliphatic rings. The third-order valence-corrected chi connectivity index (χ3v) is 5.19. The van der Waals surface area contributed by atoms with Crippen LogP contribution in [0.15, 0.2) is 46.8 Å². The predicted octanol–water partition coefficient (Wildman–Crippen LogP) is 4.51. The summed E-state index contributed by atoms with van der Waals surface area (Å²) < 4.78 is 5.29. The zero-order valence-electron chi connectivity index (χ0n) is 15.6. The van der Waals surface area contributed by atoms with E-state index >= 15 is 0 Å². The van der Waals surface area contributed by atoms with E-state index in [1.54, 1.807) is 19.1 Å². The van der Waals surface area contributed by atoms with Gasteiger partial charge in [-0.15, -0.1) is 0 Å². The smallest absolute Gasteiger partial charge is 0.336 e. The highest BCUT2D eigenvalue weighted by Crippen LogP contribution is 2.46. The summed E-state index contributed by atoms with van der Waals surface area (Å²) in [5.41, 5.74) is 3.61. The molecule has 0 aromatic heterocycles. The number of benzene rings is 1. The standard InChI is InChI=1S/C21H24ClNO3/c1-5-26-20(25)17-12(2)23-15-10-21(3,4)11-16(24)19(15)18(17)13-6-8-14(22)9-7-13/h6-9,18,23H,5,10-11H2,1-4H3. The topological polar surface area (TPSA) is 55.4 Å². The van der Waals surface area contributed by atoms with Crippen LogP contribution in [0, 0.1) is 5.41 Å². The fourth-order valence-corrected chi connectivity index (χ4v) is 4.03. The average Bonchev–Trinajstić information content (AvgIpc) is 2.53. The molecule has 1 heterocycles. The van der Waals surface area contributed by atoms with Crippen molar-refractivity contribution < 1.29 is 14.3 Å². The monoisotopic (exact) mass is 373 g/mol. The predicted molar refractivity (Wildman–Crippen MR) is 102 cm³/mol. The van der Waals surface area contributed by atoms with E-state index in [1.807, 2.05) is 19.1 Å². The summed E-state index contributed by atoms with van der Waals surface area (Å²) in [7, 11) is 0. The second kappa shape index (κ2) is 6.92. The first-order valence-corrected chi connectivity index (χ1v) is 9.28. The SMILES string of the molecule is CCOC(=O)C1=C(C)NC2=C(C(=O)CC(C)(C)C2)C1c1ccc(Cl)cc1. The van der Waals surface area contributed by atoms with E-state index in [4.69, 9.17) is 16.3 Å². The van der Waals surface area contributed by atoms with Crippen LogP contribution >= 0.6 is 11.6 Å². The molecule has 1 unspecified atom stereocenters. The van der Waals surface area contributed by atoms with Gasteiger partial charge in [0.2, 0.25) is 0 Å². The van der Waals surface area contributed by atoms with Gasteiger partial charge in [0.05, 0.1) is 12.2 Å². The molecule has 5 heteroatoms. The molecule has 3 rings (SSSR count). The van der Waals surface area contributed by atoms with Crippen molar-refractivity contribution in [1.29, 1.82) is 0 Å². The van der Waals surface area contributed by atoms with Gasteiger partial charge in [0.15, 0.2) is 5.78 Å². The van der Waals surface area contributed by atoms with E-state index in [0.717, 1.165) is 23.4 Å². The molecule has 1 atom stereocenters. The first-order chi connectivity index (χ1) is 12.2. The third kappa shape index (κ3) is 3.43. The van der Waals surface area contributed by atoms with Crippen LogP contribution in [0.1, 0.15) is 52.0 Å². The van der Waals surface area contributed by atoms with E-state index in [-0.39, 0.29) is 23.8 Å². The Balaban J connectivity index is 2.17. The lowest BCUT2D eigenvalue weighted by Crippen LogP contribution is -2.38. The molecule has 1 aromatic rings. The number of rotatable bonds is 3. The number of halogens is 1. The minimum Gasteiger partial charge on any atom is -0.463 e. The Kier molecular flexibility index (Phi) is 4.98. The molecular formula is C21H24ClNO3. The minimum atomic E-state index is -0.425. The highest BCUT2D eigenvalue weighted by Gasteiger charge is 2.43. The van der Waals surface area contributed by atoms with Gasteiger partial charge >= 0.3 is 5.97 Å². The maximum absolute atomic E-state index is 13.0. The van der Waals surface area contributed by atoms with Gasteiger partial charge in [0.25, 0.3) is 0 Å². The summed E-state index contributed by atoms with van der Waals surface area (Å²) in [4.78, 5) is 25.7. The fraction of sp³-hybridized carbons (Fsp3) is 0.429. The molecule has 4 nitrogen and oxygen atoms in total. The van der Waals surface area contributed by atoms with E-state index in [9.17, 15) is 9.59 Å². The van der Waals surface area contributed by atoms with Gasteiger partial charge in [-0.05, 0) is 43.4 Å². The Morgan fingerprint density at radius 2 is 1.92 bits per heavy atom. The normalized spacial score (nSPS) is 22.0. The lowest BCUT2D eigenvalue weighted by Gasteiger charge is -2.39. The van der Waals surface area contributed by atoms with Crippen LogP contribution in [-0.2, 0) is 14.3 Å². The molecule has 26 heavy (non-hydrogen) atoms. The summed E-state index contributed by atoms with van der Waals surface area (Å²) in [6.07, 6.45) is 1.23. The van der Waals surface area contributed by atoms with Crippen LogP contribution in [0.3, 0.4) is 0 Å². The van der Waals surface area contributed by atoms with E-state index in [2.05, 4.69) is 19.2 Å². The first-order valence-electron chi connectivity index (χ1n) is 8.90. The van der Waals surface area contributed by atoms with Gasteiger partial charge in [-0.1, -0.05) is 37.6 Å². The molecule has 0 radical (unpaired) electrons. The number of allylic oxidation sites excluding steroid dienone is 3. The van der Waals surface area contributed by atoms with Gasteiger partial charge in [-0.3, -0.25) is 4.79 Å². The summed E-state index contributed by atoms with van der Waals surface area (Å²) in [6, 6.07) is 7.33. The largest absolute Gasteiger partial charge is 0.463 e. The first kappa shape index (κ1) is 18.7.